The lowest BCUT2D eigenvalue weighted by atomic mass is 10.0. The fraction of sp³-hybridized carbons (Fsp3) is 0.400. The van der Waals surface area contributed by atoms with Crippen molar-refractivity contribution >= 4 is 14.0 Å². The molecule has 2 heterocycles. The van der Waals surface area contributed by atoms with Crippen LogP contribution < -0.4 is 10.2 Å². The van der Waals surface area contributed by atoms with Gasteiger partial charge < -0.3 is 15.0 Å². The molecule has 1 aliphatic heterocycles. The van der Waals surface area contributed by atoms with Crippen molar-refractivity contribution in [3.05, 3.63) is 59.2 Å². The van der Waals surface area contributed by atoms with Crippen molar-refractivity contribution in [2.45, 2.75) is 32.4 Å². The van der Waals surface area contributed by atoms with E-state index < -0.39 is 43.0 Å². The first-order chi connectivity index (χ1) is 17.5. The number of nitrogens with zero attached hydrogens (tertiary/aromatic N) is 3. The number of nitrogens with one attached hydrogen (secondary N) is 1. The van der Waals surface area contributed by atoms with E-state index in [1.54, 1.807) is 4.57 Å². The number of halogens is 6. The minimum Gasteiger partial charge on any atom is -0.361 e. The molecule has 200 valence electrons. The number of benzene rings is 2. The average molecular weight is 543 g/mol. The van der Waals surface area contributed by atoms with Gasteiger partial charge in [-0.15, -0.1) is 0 Å². The predicted octanol–water partition coefficient (Wildman–Crippen LogP) is 5.77. The van der Waals surface area contributed by atoms with Gasteiger partial charge in [-0.3, -0.25) is 4.57 Å². The van der Waals surface area contributed by atoms with Crippen LogP contribution in [0.2, 0.25) is 25.7 Å². The van der Waals surface area contributed by atoms with Gasteiger partial charge in [0.15, 0.2) is 34.9 Å². The van der Waals surface area contributed by atoms with Crippen LogP contribution in [0.1, 0.15) is 0 Å². The van der Waals surface area contributed by atoms with Crippen molar-refractivity contribution in [2.24, 2.45) is 0 Å². The number of aromatic nitrogens is 2. The van der Waals surface area contributed by atoms with Crippen LogP contribution in [-0.4, -0.2) is 50.4 Å². The lowest BCUT2D eigenvalue weighted by Crippen LogP contribution is -2.44. The van der Waals surface area contributed by atoms with Crippen molar-refractivity contribution in [3.63, 3.8) is 0 Å². The van der Waals surface area contributed by atoms with Gasteiger partial charge in [0.1, 0.15) is 6.73 Å². The van der Waals surface area contributed by atoms with Gasteiger partial charge >= 0.3 is 0 Å². The Morgan fingerprint density at radius 3 is 1.86 bits per heavy atom. The van der Waals surface area contributed by atoms with Gasteiger partial charge in [0, 0.05) is 52.0 Å². The van der Waals surface area contributed by atoms with Crippen molar-refractivity contribution in [2.75, 3.05) is 37.7 Å². The summed E-state index contributed by atoms with van der Waals surface area (Å²) in [5, 5.41) is 3.21. The number of hydrogen-bond donors (Lipinski definition) is 1. The lowest BCUT2D eigenvalue weighted by molar-refractivity contribution is 0.0889. The second-order valence-corrected chi connectivity index (χ2v) is 15.8. The summed E-state index contributed by atoms with van der Waals surface area (Å²) in [4.78, 5) is 6.50. The molecule has 0 aliphatic carbocycles. The molecule has 1 fully saturated rings. The van der Waals surface area contributed by atoms with E-state index in [1.165, 1.54) is 0 Å². The number of piperazine rings is 1. The Kier molecular flexibility index (Phi) is 8.00. The number of anilines is 1. The molecule has 1 saturated heterocycles. The molecule has 0 bridgehead atoms. The molecule has 0 amide bonds. The maximum atomic E-state index is 14.3. The molecular formula is C25H28F6N4OSi. The highest BCUT2D eigenvalue weighted by atomic mass is 28.3. The van der Waals surface area contributed by atoms with Gasteiger partial charge in [0.05, 0.1) is 11.4 Å². The van der Waals surface area contributed by atoms with Crippen molar-refractivity contribution in [1.82, 2.24) is 14.9 Å². The van der Waals surface area contributed by atoms with Gasteiger partial charge in [0.2, 0.25) is 5.95 Å². The Hall–Kier alpha value is -2.83. The summed E-state index contributed by atoms with van der Waals surface area (Å²) in [5.74, 6) is -8.72. The van der Waals surface area contributed by atoms with Crippen LogP contribution in [0.3, 0.4) is 0 Å². The van der Waals surface area contributed by atoms with Gasteiger partial charge in [-0.05, 0) is 30.3 Å². The van der Waals surface area contributed by atoms with Crippen LogP contribution in [0.4, 0.5) is 32.3 Å². The summed E-state index contributed by atoms with van der Waals surface area (Å²) in [7, 11) is -1.43. The molecule has 0 spiro atoms. The fourth-order valence-corrected chi connectivity index (χ4v) is 4.84. The van der Waals surface area contributed by atoms with Crippen LogP contribution in [0.5, 0.6) is 0 Å². The first-order valence-electron chi connectivity index (χ1n) is 11.9. The van der Waals surface area contributed by atoms with Gasteiger partial charge in [-0.1, -0.05) is 19.6 Å². The molecule has 0 atom stereocenters. The Morgan fingerprint density at radius 2 is 1.35 bits per heavy atom. The Labute approximate surface area is 212 Å². The van der Waals surface area contributed by atoms with E-state index in [2.05, 4.69) is 29.9 Å². The summed E-state index contributed by atoms with van der Waals surface area (Å²) in [6.07, 6.45) is 0. The van der Waals surface area contributed by atoms with Gasteiger partial charge in [-0.25, -0.2) is 31.3 Å². The van der Waals surface area contributed by atoms with E-state index in [-0.39, 0.29) is 29.2 Å². The van der Waals surface area contributed by atoms with E-state index >= 15 is 0 Å². The van der Waals surface area contributed by atoms with E-state index in [1.807, 2.05) is 4.90 Å². The third-order valence-corrected chi connectivity index (χ3v) is 7.78. The molecule has 2 aromatic carbocycles. The summed E-state index contributed by atoms with van der Waals surface area (Å²) in [6, 6.07) is 3.95. The lowest BCUT2D eigenvalue weighted by Gasteiger charge is -2.29. The maximum Gasteiger partial charge on any atom is 0.208 e. The van der Waals surface area contributed by atoms with E-state index in [0.717, 1.165) is 30.3 Å². The van der Waals surface area contributed by atoms with Crippen molar-refractivity contribution < 1.29 is 31.1 Å². The third-order valence-electron chi connectivity index (χ3n) is 6.08. The topological polar surface area (TPSA) is 42.3 Å². The number of rotatable bonds is 8. The number of ether oxygens (including phenoxy) is 1. The van der Waals surface area contributed by atoms with Crippen LogP contribution >= 0.6 is 0 Å². The molecule has 12 heteroatoms. The molecule has 1 aromatic heterocycles. The highest BCUT2D eigenvalue weighted by molar-refractivity contribution is 6.76. The minimum atomic E-state index is -1.65. The quantitative estimate of drug-likeness (QED) is 0.170. The Balaban J connectivity index is 1.92. The second-order valence-electron chi connectivity index (χ2n) is 10.1. The van der Waals surface area contributed by atoms with Crippen LogP contribution in [0.15, 0.2) is 24.3 Å². The molecule has 0 radical (unpaired) electrons. The standard InChI is InChI=1S/C25H28F6N4OSi/c1-37(2,3)9-8-36-14-35-24(16-12-19(28)22(31)20(29)13-16)23(15-10-17(26)21(30)18(27)11-15)33-25(35)34-6-4-32-5-7-34/h10-13,32H,4-9,14H2,1-3H3. The summed E-state index contributed by atoms with van der Waals surface area (Å²) < 4.78 is 92.1. The first kappa shape index (κ1) is 27.2. The third kappa shape index (κ3) is 6.02. The maximum absolute atomic E-state index is 14.3. The largest absolute Gasteiger partial charge is 0.361 e. The number of hydrogen-bond acceptors (Lipinski definition) is 4. The predicted molar refractivity (Wildman–Crippen MR) is 132 cm³/mol. The summed E-state index contributed by atoms with van der Waals surface area (Å²) >= 11 is 0. The molecule has 37 heavy (non-hydrogen) atoms. The molecule has 1 N–H and O–H groups in total. The van der Waals surface area contributed by atoms with Crippen molar-refractivity contribution in [1.29, 1.82) is 0 Å². The number of imidazole rings is 1. The molecule has 3 aromatic rings. The molecule has 0 unspecified atom stereocenters. The Bertz CT molecular complexity index is 1240. The zero-order valence-corrected chi connectivity index (χ0v) is 21.8. The SMILES string of the molecule is C[Si](C)(C)CCOCn1c(N2CCNCC2)nc(-c2cc(F)c(F)c(F)c2)c1-c1cc(F)c(F)c(F)c1. The van der Waals surface area contributed by atoms with E-state index in [4.69, 9.17) is 4.74 Å². The average Bonchev–Trinajstić information content (AvgIpc) is 3.22. The smallest absolute Gasteiger partial charge is 0.208 e. The molecule has 0 saturated carbocycles. The van der Waals surface area contributed by atoms with E-state index in [9.17, 15) is 26.3 Å². The van der Waals surface area contributed by atoms with Gasteiger partial charge in [-0.2, -0.15) is 0 Å². The first-order valence-corrected chi connectivity index (χ1v) is 15.6. The van der Waals surface area contributed by atoms with Gasteiger partial charge in [0.25, 0.3) is 0 Å². The summed E-state index contributed by atoms with van der Waals surface area (Å²) in [6.45, 7) is 9.21. The minimum absolute atomic E-state index is 0.0504. The highest BCUT2D eigenvalue weighted by Gasteiger charge is 2.28. The monoisotopic (exact) mass is 542 g/mol. The van der Waals surface area contributed by atoms with E-state index in [0.29, 0.717) is 38.7 Å². The van der Waals surface area contributed by atoms with Crippen LogP contribution in [0.25, 0.3) is 22.5 Å². The Morgan fingerprint density at radius 1 is 0.838 bits per heavy atom. The normalized spacial score (nSPS) is 14.5. The molecule has 1 aliphatic rings. The molecular weight excluding hydrogens is 514 g/mol. The fourth-order valence-electron chi connectivity index (χ4n) is 4.08. The zero-order chi connectivity index (χ0) is 26.9. The van der Waals surface area contributed by atoms with Crippen LogP contribution in [-0.2, 0) is 11.5 Å². The second kappa shape index (κ2) is 10.9. The van der Waals surface area contributed by atoms with Crippen LogP contribution in [0, 0.1) is 34.9 Å². The highest BCUT2D eigenvalue weighted by Crippen LogP contribution is 2.38. The molecule has 5 nitrogen and oxygen atoms in total. The van der Waals surface area contributed by atoms with Crippen molar-refractivity contribution in [3.8, 4) is 22.5 Å². The summed E-state index contributed by atoms with van der Waals surface area (Å²) in [5.41, 5.74) is -0.247. The zero-order valence-electron chi connectivity index (χ0n) is 20.8. The molecule has 4 rings (SSSR count).